The first-order chi connectivity index (χ1) is 12.7. The minimum Gasteiger partial charge on any atom is -1.00 e. The number of rotatable bonds is 4. The lowest BCUT2D eigenvalue weighted by Crippen LogP contribution is -3.00. The summed E-state index contributed by atoms with van der Waals surface area (Å²) in [5, 5.41) is 2.90. The van der Waals surface area contributed by atoms with Crippen molar-refractivity contribution < 1.29 is 26.5 Å². The molecular weight excluding hydrogens is 360 g/mol. The number of carbonyl (C=O) groups is 1. The van der Waals surface area contributed by atoms with Gasteiger partial charge >= 0.3 is 0 Å². The molecule has 0 radical (unpaired) electrons. The van der Waals surface area contributed by atoms with Crippen molar-refractivity contribution in [1.29, 1.82) is 0 Å². The van der Waals surface area contributed by atoms with E-state index in [4.69, 9.17) is 4.74 Å². The Balaban J connectivity index is 0.00000210. The monoisotopic (exact) mass is 378 g/mol. The lowest BCUT2D eigenvalue weighted by molar-refractivity contribution is -0.688. The molecule has 27 heavy (non-hydrogen) atoms. The van der Waals surface area contributed by atoms with Crippen LogP contribution in [0.4, 0.5) is 5.69 Å². The maximum absolute atomic E-state index is 12.2. The van der Waals surface area contributed by atoms with E-state index in [1.165, 1.54) is 5.56 Å². The van der Waals surface area contributed by atoms with Gasteiger partial charge in [-0.05, 0) is 42.0 Å². The number of aromatic nitrogens is 1. The molecule has 2 heterocycles. The number of benzene rings is 2. The van der Waals surface area contributed by atoms with Gasteiger partial charge in [0.2, 0.25) is 0 Å². The molecule has 0 aliphatic carbocycles. The Labute approximate surface area is 164 Å². The molecule has 0 fully saturated rings. The van der Waals surface area contributed by atoms with Crippen LogP contribution >= 0.6 is 0 Å². The lowest BCUT2D eigenvalue weighted by atomic mass is 10.0. The van der Waals surface area contributed by atoms with Gasteiger partial charge in [0.25, 0.3) is 5.91 Å². The second kappa shape index (κ2) is 8.06. The highest BCUT2D eigenvalue weighted by Gasteiger charge is 2.23. The van der Waals surface area contributed by atoms with Crippen molar-refractivity contribution in [2.75, 3.05) is 12.4 Å². The summed E-state index contributed by atoms with van der Waals surface area (Å²) in [4.78, 5) is 12.2. The van der Waals surface area contributed by atoms with Crippen LogP contribution in [0.1, 0.15) is 16.7 Å². The fraction of sp³-hybridized carbons (Fsp3) is 0.0909. The number of fused-ring (bicyclic) bond motifs is 1. The Bertz CT molecular complexity index is 980. The fourth-order valence-corrected chi connectivity index (χ4v) is 3.06. The van der Waals surface area contributed by atoms with E-state index in [0.29, 0.717) is 5.57 Å². The summed E-state index contributed by atoms with van der Waals surface area (Å²) in [5.41, 5.74) is 4.72. The number of nitrogens with zero attached hydrogens (tertiary/aromatic N) is 1. The van der Waals surface area contributed by atoms with Crippen LogP contribution < -0.4 is 27.0 Å². The van der Waals surface area contributed by atoms with E-state index in [1.807, 2.05) is 67.0 Å². The zero-order valence-corrected chi connectivity index (χ0v) is 15.6. The Morgan fingerprint density at radius 2 is 1.70 bits per heavy atom. The number of hydrogen-bond donors (Lipinski definition) is 1. The van der Waals surface area contributed by atoms with E-state index in [0.717, 1.165) is 29.1 Å². The lowest BCUT2D eigenvalue weighted by Gasteiger charge is -2.02. The van der Waals surface area contributed by atoms with Gasteiger partial charge in [0, 0.05) is 34.5 Å². The highest BCUT2D eigenvalue weighted by atomic mass is 35.5. The van der Waals surface area contributed by atoms with Crippen LogP contribution in [0.5, 0.6) is 5.75 Å². The smallest absolute Gasteiger partial charge is 0.256 e. The molecule has 0 bridgehead atoms. The number of carbonyl (C=O) groups excluding carboxylic acids is 1. The molecule has 3 aromatic rings. The molecular formula is C22H19ClN2O2. The standard InChI is InChI=1S/C22H18N2O2.ClH/c1-26-18-8-6-17(7-9-18)15-24-12-10-16(11-13-24)14-20-19-4-2-3-5-21(19)23-22(20)25;/h2-14H,15H2,1H3;1H. The SMILES string of the molecule is COc1ccc(C[n+]2ccc(/C=C3/C(=O)Nc4ccccc43)cc2)cc1.[Cl-]. The Kier molecular flexibility index (Phi) is 5.57. The molecule has 0 atom stereocenters. The first-order valence-corrected chi connectivity index (χ1v) is 8.47. The normalized spacial score (nSPS) is 13.7. The second-order valence-electron chi connectivity index (χ2n) is 6.21. The predicted octanol–water partition coefficient (Wildman–Crippen LogP) is 0.528. The first-order valence-electron chi connectivity index (χ1n) is 8.47. The molecule has 5 heteroatoms. The van der Waals surface area contributed by atoms with Crippen molar-refractivity contribution in [2.24, 2.45) is 0 Å². The van der Waals surface area contributed by atoms with Crippen LogP contribution in [0.15, 0.2) is 73.1 Å². The number of methoxy groups -OCH3 is 1. The molecule has 136 valence electrons. The largest absolute Gasteiger partial charge is 1.00 e. The molecule has 2 aromatic carbocycles. The number of halogens is 1. The van der Waals surface area contributed by atoms with E-state index in [-0.39, 0.29) is 18.3 Å². The molecule has 0 saturated heterocycles. The van der Waals surface area contributed by atoms with Crippen LogP contribution in [0.25, 0.3) is 11.6 Å². The number of hydrogen-bond acceptors (Lipinski definition) is 2. The summed E-state index contributed by atoms with van der Waals surface area (Å²) in [7, 11) is 1.67. The van der Waals surface area contributed by atoms with Crippen LogP contribution in [0.2, 0.25) is 0 Å². The van der Waals surface area contributed by atoms with E-state index >= 15 is 0 Å². The highest BCUT2D eigenvalue weighted by molar-refractivity contribution is 6.34. The quantitative estimate of drug-likeness (QED) is 0.531. The molecule has 1 amide bonds. The van der Waals surface area contributed by atoms with Crippen molar-refractivity contribution in [3.63, 3.8) is 0 Å². The number of anilines is 1. The van der Waals surface area contributed by atoms with Gasteiger partial charge in [-0.1, -0.05) is 18.2 Å². The molecule has 4 nitrogen and oxygen atoms in total. The van der Waals surface area contributed by atoms with Crippen LogP contribution in [-0.2, 0) is 11.3 Å². The Morgan fingerprint density at radius 1 is 1.00 bits per heavy atom. The predicted molar refractivity (Wildman–Crippen MR) is 102 cm³/mol. The van der Waals surface area contributed by atoms with Gasteiger partial charge in [-0.25, -0.2) is 4.57 Å². The van der Waals surface area contributed by atoms with Crippen LogP contribution in [0, 0.1) is 0 Å². The van der Waals surface area contributed by atoms with Gasteiger partial charge in [-0.3, -0.25) is 4.79 Å². The summed E-state index contributed by atoms with van der Waals surface area (Å²) in [6, 6.07) is 19.8. The summed E-state index contributed by atoms with van der Waals surface area (Å²) in [6.07, 6.45) is 5.98. The Morgan fingerprint density at radius 3 is 2.41 bits per heavy atom. The average Bonchev–Trinajstić information content (AvgIpc) is 2.99. The molecule has 1 aromatic heterocycles. The van der Waals surface area contributed by atoms with Crippen LogP contribution in [-0.4, -0.2) is 13.0 Å². The van der Waals surface area contributed by atoms with Gasteiger partial charge in [0.15, 0.2) is 18.9 Å². The summed E-state index contributed by atoms with van der Waals surface area (Å²) >= 11 is 0. The van der Waals surface area contributed by atoms with E-state index in [9.17, 15) is 4.79 Å². The zero-order chi connectivity index (χ0) is 17.9. The first kappa shape index (κ1) is 18.7. The molecule has 0 unspecified atom stereocenters. The van der Waals surface area contributed by atoms with Crippen molar-refractivity contribution in [2.45, 2.75) is 6.54 Å². The number of pyridine rings is 1. The maximum atomic E-state index is 12.2. The van der Waals surface area contributed by atoms with Gasteiger partial charge in [-0.15, -0.1) is 0 Å². The Hall–Kier alpha value is -3.11. The van der Waals surface area contributed by atoms with Crippen molar-refractivity contribution in [1.82, 2.24) is 0 Å². The van der Waals surface area contributed by atoms with Gasteiger partial charge in [-0.2, -0.15) is 0 Å². The third kappa shape index (κ3) is 4.01. The molecule has 4 rings (SSSR count). The minimum atomic E-state index is -0.0545. The van der Waals surface area contributed by atoms with Crippen molar-refractivity contribution in [3.8, 4) is 5.75 Å². The molecule has 0 spiro atoms. The molecule has 1 aliphatic rings. The van der Waals surface area contributed by atoms with Crippen molar-refractivity contribution >= 4 is 23.2 Å². The molecule has 0 saturated carbocycles. The van der Waals surface area contributed by atoms with Crippen LogP contribution in [0.3, 0.4) is 0 Å². The molecule has 1 aliphatic heterocycles. The topological polar surface area (TPSA) is 42.2 Å². The second-order valence-corrected chi connectivity index (χ2v) is 6.21. The zero-order valence-electron chi connectivity index (χ0n) is 14.9. The van der Waals surface area contributed by atoms with Gasteiger partial charge in [0.05, 0.1) is 7.11 Å². The van der Waals surface area contributed by atoms with Gasteiger partial charge in [0.1, 0.15) is 5.75 Å². The maximum Gasteiger partial charge on any atom is 0.256 e. The number of ether oxygens (including phenoxy) is 1. The summed E-state index contributed by atoms with van der Waals surface area (Å²) in [6.45, 7) is 0.782. The average molecular weight is 379 g/mol. The van der Waals surface area contributed by atoms with Crippen molar-refractivity contribution in [3.05, 3.63) is 89.7 Å². The number of para-hydroxylation sites is 1. The third-order valence-corrected chi connectivity index (χ3v) is 4.46. The summed E-state index contributed by atoms with van der Waals surface area (Å²) in [5.74, 6) is 0.803. The summed E-state index contributed by atoms with van der Waals surface area (Å²) < 4.78 is 7.29. The minimum absolute atomic E-state index is 0. The fourth-order valence-electron chi connectivity index (χ4n) is 3.06. The third-order valence-electron chi connectivity index (χ3n) is 4.46. The molecule has 1 N–H and O–H groups in total. The number of amides is 1. The number of nitrogens with one attached hydrogen (secondary N) is 1. The van der Waals surface area contributed by atoms with E-state index in [2.05, 4.69) is 22.0 Å². The highest BCUT2D eigenvalue weighted by Crippen LogP contribution is 2.32. The van der Waals surface area contributed by atoms with E-state index < -0.39 is 0 Å². The van der Waals surface area contributed by atoms with E-state index in [1.54, 1.807) is 7.11 Å². The van der Waals surface area contributed by atoms with Gasteiger partial charge < -0.3 is 22.5 Å².